The molecule has 1 aliphatic heterocycles. The zero-order valence-corrected chi connectivity index (χ0v) is 13.3. The van der Waals surface area contributed by atoms with Crippen molar-refractivity contribution in [2.45, 2.75) is 25.8 Å². The number of aromatic amines is 1. The maximum atomic E-state index is 4.50. The molecule has 2 aromatic heterocycles. The van der Waals surface area contributed by atoms with E-state index in [0.29, 0.717) is 6.04 Å². The molecule has 0 atom stereocenters. The van der Waals surface area contributed by atoms with Gasteiger partial charge in [-0.2, -0.15) is 0 Å². The largest absolute Gasteiger partial charge is 0.382 e. The van der Waals surface area contributed by atoms with Gasteiger partial charge < -0.3 is 15.2 Å². The molecule has 0 aliphatic carbocycles. The van der Waals surface area contributed by atoms with E-state index in [4.69, 9.17) is 0 Å². The van der Waals surface area contributed by atoms with Gasteiger partial charge in [-0.15, -0.1) is 0 Å². The number of rotatable bonds is 3. The summed E-state index contributed by atoms with van der Waals surface area (Å²) in [5.41, 5.74) is 3.42. The van der Waals surface area contributed by atoms with E-state index in [2.05, 4.69) is 62.4 Å². The molecular formula is C18H21N5. The number of hydrogen-bond donors (Lipinski definition) is 2. The summed E-state index contributed by atoms with van der Waals surface area (Å²) in [5, 5.41) is 4.76. The minimum absolute atomic E-state index is 0.525. The lowest BCUT2D eigenvalue weighted by molar-refractivity contribution is 0.524. The number of nitrogens with one attached hydrogen (secondary N) is 2. The van der Waals surface area contributed by atoms with Crippen molar-refractivity contribution in [1.29, 1.82) is 0 Å². The Bertz CT molecular complexity index is 785. The van der Waals surface area contributed by atoms with Gasteiger partial charge in [0, 0.05) is 31.0 Å². The Morgan fingerprint density at radius 1 is 1.09 bits per heavy atom. The fraction of sp³-hybridized carbons (Fsp3) is 0.333. The lowest BCUT2D eigenvalue weighted by Crippen LogP contribution is -2.39. The van der Waals surface area contributed by atoms with Crippen molar-refractivity contribution in [3.05, 3.63) is 48.4 Å². The first-order valence-corrected chi connectivity index (χ1v) is 8.16. The highest BCUT2D eigenvalue weighted by atomic mass is 15.2. The first kappa shape index (κ1) is 14.1. The van der Waals surface area contributed by atoms with Crippen molar-refractivity contribution in [1.82, 2.24) is 15.0 Å². The molecule has 0 saturated carbocycles. The van der Waals surface area contributed by atoms with Crippen molar-refractivity contribution >= 4 is 22.5 Å². The second-order valence-electron chi connectivity index (χ2n) is 6.21. The maximum absolute atomic E-state index is 4.50. The van der Waals surface area contributed by atoms with Gasteiger partial charge in [0.1, 0.15) is 17.8 Å². The maximum Gasteiger partial charge on any atom is 0.142 e. The Labute approximate surface area is 135 Å². The summed E-state index contributed by atoms with van der Waals surface area (Å²) in [6.07, 6.45) is 5.80. The molecule has 5 heteroatoms. The molecule has 3 heterocycles. The van der Waals surface area contributed by atoms with Crippen molar-refractivity contribution in [2.75, 3.05) is 23.3 Å². The highest BCUT2D eigenvalue weighted by Crippen LogP contribution is 2.26. The minimum atomic E-state index is 0.525. The van der Waals surface area contributed by atoms with Gasteiger partial charge in [0.15, 0.2) is 0 Å². The summed E-state index contributed by atoms with van der Waals surface area (Å²) in [7, 11) is 0. The van der Waals surface area contributed by atoms with Gasteiger partial charge in [0.05, 0.1) is 5.39 Å². The fourth-order valence-corrected chi connectivity index (χ4v) is 3.23. The molecule has 1 aliphatic rings. The smallest absolute Gasteiger partial charge is 0.142 e. The molecule has 0 spiro atoms. The number of hydrogen-bond acceptors (Lipinski definition) is 4. The SMILES string of the molecule is Cc1ccc(NC2CCN(c3ncnc4[nH]ccc34)CC2)cc1. The predicted octanol–water partition coefficient (Wildman–Crippen LogP) is 3.35. The van der Waals surface area contributed by atoms with Crippen LogP contribution in [0.1, 0.15) is 18.4 Å². The number of benzene rings is 1. The Hall–Kier alpha value is -2.56. The molecule has 3 aromatic rings. The quantitative estimate of drug-likeness (QED) is 0.779. The van der Waals surface area contributed by atoms with Gasteiger partial charge in [-0.05, 0) is 38.0 Å². The highest BCUT2D eigenvalue weighted by Gasteiger charge is 2.21. The van der Waals surface area contributed by atoms with Gasteiger partial charge in [-0.25, -0.2) is 9.97 Å². The molecule has 118 valence electrons. The van der Waals surface area contributed by atoms with E-state index in [0.717, 1.165) is 42.8 Å². The number of nitrogens with zero attached hydrogens (tertiary/aromatic N) is 3. The average molecular weight is 307 g/mol. The standard InChI is InChI=1S/C18H21N5/c1-13-2-4-14(5-3-13)22-15-7-10-23(11-8-15)18-16-6-9-19-17(16)20-12-21-18/h2-6,9,12,15,22H,7-8,10-11H2,1H3,(H,19,20,21). The zero-order valence-electron chi connectivity index (χ0n) is 13.3. The number of anilines is 2. The summed E-state index contributed by atoms with van der Waals surface area (Å²) in [6, 6.07) is 11.2. The molecular weight excluding hydrogens is 286 g/mol. The van der Waals surface area contributed by atoms with Crippen molar-refractivity contribution in [3.63, 3.8) is 0 Å². The topological polar surface area (TPSA) is 56.8 Å². The summed E-state index contributed by atoms with van der Waals surface area (Å²) < 4.78 is 0. The Kier molecular flexibility index (Phi) is 3.61. The average Bonchev–Trinajstić information content (AvgIpc) is 3.06. The van der Waals surface area contributed by atoms with Crippen LogP contribution in [0.5, 0.6) is 0 Å². The summed E-state index contributed by atoms with van der Waals surface area (Å²) in [4.78, 5) is 14.3. The number of aryl methyl sites for hydroxylation is 1. The lowest BCUT2D eigenvalue weighted by Gasteiger charge is -2.33. The zero-order chi connectivity index (χ0) is 15.6. The van der Waals surface area contributed by atoms with Crippen LogP contribution in [-0.2, 0) is 0 Å². The van der Waals surface area contributed by atoms with E-state index < -0.39 is 0 Å². The normalized spacial score (nSPS) is 16.0. The van der Waals surface area contributed by atoms with Crippen molar-refractivity contribution < 1.29 is 0 Å². The Balaban J connectivity index is 1.43. The van der Waals surface area contributed by atoms with Crippen LogP contribution in [-0.4, -0.2) is 34.1 Å². The molecule has 4 rings (SSSR count). The van der Waals surface area contributed by atoms with Gasteiger partial charge >= 0.3 is 0 Å². The first-order chi connectivity index (χ1) is 11.3. The molecule has 0 unspecified atom stereocenters. The van der Waals surface area contributed by atoms with E-state index in [-0.39, 0.29) is 0 Å². The third-order valence-electron chi connectivity index (χ3n) is 4.55. The summed E-state index contributed by atoms with van der Waals surface area (Å²) >= 11 is 0. The van der Waals surface area contributed by atoms with Crippen LogP contribution in [0.4, 0.5) is 11.5 Å². The predicted molar refractivity (Wildman–Crippen MR) is 93.9 cm³/mol. The molecule has 5 nitrogen and oxygen atoms in total. The minimum Gasteiger partial charge on any atom is -0.382 e. The van der Waals surface area contributed by atoms with Crippen LogP contribution >= 0.6 is 0 Å². The van der Waals surface area contributed by atoms with E-state index in [1.807, 2.05) is 6.20 Å². The monoisotopic (exact) mass is 307 g/mol. The van der Waals surface area contributed by atoms with Gasteiger partial charge in [-0.1, -0.05) is 17.7 Å². The third-order valence-corrected chi connectivity index (χ3v) is 4.55. The molecule has 1 saturated heterocycles. The van der Waals surface area contributed by atoms with Crippen molar-refractivity contribution in [3.8, 4) is 0 Å². The molecule has 1 fully saturated rings. The number of aromatic nitrogens is 3. The van der Waals surface area contributed by atoms with Gasteiger partial charge in [0.25, 0.3) is 0 Å². The molecule has 2 N–H and O–H groups in total. The molecule has 23 heavy (non-hydrogen) atoms. The van der Waals surface area contributed by atoms with Crippen LogP contribution in [0, 0.1) is 6.92 Å². The lowest BCUT2D eigenvalue weighted by atomic mass is 10.0. The summed E-state index contributed by atoms with van der Waals surface area (Å²) in [5.74, 6) is 1.05. The van der Waals surface area contributed by atoms with Crippen LogP contribution in [0.15, 0.2) is 42.9 Å². The second kappa shape index (κ2) is 5.91. The van der Waals surface area contributed by atoms with E-state index in [1.54, 1.807) is 6.33 Å². The molecule has 0 amide bonds. The molecule has 1 aromatic carbocycles. The van der Waals surface area contributed by atoms with Crippen LogP contribution in [0.3, 0.4) is 0 Å². The molecule has 0 bridgehead atoms. The Morgan fingerprint density at radius 2 is 1.87 bits per heavy atom. The second-order valence-corrected chi connectivity index (χ2v) is 6.21. The number of H-pyrrole nitrogens is 1. The van der Waals surface area contributed by atoms with Gasteiger partial charge in [0.2, 0.25) is 0 Å². The van der Waals surface area contributed by atoms with Gasteiger partial charge in [-0.3, -0.25) is 0 Å². The van der Waals surface area contributed by atoms with Crippen LogP contribution < -0.4 is 10.2 Å². The highest BCUT2D eigenvalue weighted by molar-refractivity contribution is 5.87. The molecule has 0 radical (unpaired) electrons. The van der Waals surface area contributed by atoms with Crippen LogP contribution in [0.25, 0.3) is 11.0 Å². The summed E-state index contributed by atoms with van der Waals surface area (Å²) in [6.45, 7) is 4.15. The Morgan fingerprint density at radius 3 is 2.65 bits per heavy atom. The number of fused-ring (bicyclic) bond motifs is 1. The van der Waals surface area contributed by atoms with Crippen LogP contribution in [0.2, 0.25) is 0 Å². The van der Waals surface area contributed by atoms with E-state index in [9.17, 15) is 0 Å². The van der Waals surface area contributed by atoms with Crippen molar-refractivity contribution in [2.24, 2.45) is 0 Å². The third kappa shape index (κ3) is 2.86. The van der Waals surface area contributed by atoms with E-state index in [1.165, 1.54) is 11.3 Å². The van der Waals surface area contributed by atoms with E-state index >= 15 is 0 Å². The number of piperidine rings is 1. The fourth-order valence-electron chi connectivity index (χ4n) is 3.23. The first-order valence-electron chi connectivity index (χ1n) is 8.16.